The highest BCUT2D eigenvalue weighted by molar-refractivity contribution is 6.35. The molecule has 196 valence electrons. The van der Waals surface area contributed by atoms with E-state index in [1.807, 2.05) is 37.3 Å². The number of oxime groups is 1. The number of para-hydroxylation sites is 1. The van der Waals surface area contributed by atoms with Crippen molar-refractivity contribution >= 4 is 74.0 Å². The quantitative estimate of drug-likeness (QED) is 0.259. The molecule has 3 amide bonds. The molecule has 0 radical (unpaired) electrons. The molecule has 1 saturated heterocycles. The number of carbonyl (C=O) groups excluding carboxylic acids is 2. The van der Waals surface area contributed by atoms with Crippen LogP contribution >= 0.6 is 23.2 Å². The topological polar surface area (TPSA) is 88.0 Å². The first-order chi connectivity index (χ1) is 18.4. The zero-order chi connectivity index (χ0) is 26.8. The summed E-state index contributed by atoms with van der Waals surface area (Å²) in [5.74, 6) is -0.315. The van der Waals surface area contributed by atoms with E-state index in [0.717, 1.165) is 28.4 Å². The lowest BCUT2D eigenvalue weighted by atomic mass is 10.1. The van der Waals surface area contributed by atoms with Crippen molar-refractivity contribution in [2.24, 2.45) is 5.16 Å². The van der Waals surface area contributed by atoms with E-state index in [4.69, 9.17) is 28.0 Å². The lowest BCUT2D eigenvalue weighted by molar-refractivity contribution is -0.119. The third-order valence-electron chi connectivity index (χ3n) is 6.51. The van der Waals surface area contributed by atoms with E-state index in [-0.39, 0.29) is 18.9 Å². The summed E-state index contributed by atoms with van der Waals surface area (Å²) in [5.41, 5.74) is 3.93. The number of aromatic nitrogens is 1. The van der Waals surface area contributed by atoms with Crippen LogP contribution < -0.4 is 10.6 Å². The number of urea groups is 1. The van der Waals surface area contributed by atoms with Crippen molar-refractivity contribution in [2.75, 3.05) is 23.8 Å². The van der Waals surface area contributed by atoms with Gasteiger partial charge in [-0.25, -0.2) is 4.79 Å². The normalized spacial score (nSPS) is 16.4. The minimum absolute atomic E-state index is 0.154. The summed E-state index contributed by atoms with van der Waals surface area (Å²) in [6.07, 6.45) is 0.257. The molecule has 38 heavy (non-hydrogen) atoms. The van der Waals surface area contributed by atoms with Crippen LogP contribution in [0.3, 0.4) is 0 Å². The number of amides is 3. The Morgan fingerprint density at radius 1 is 0.947 bits per heavy atom. The van der Waals surface area contributed by atoms with E-state index in [1.165, 1.54) is 4.90 Å². The molecule has 1 fully saturated rings. The van der Waals surface area contributed by atoms with Crippen LogP contribution in [0.4, 0.5) is 16.2 Å². The van der Waals surface area contributed by atoms with Crippen molar-refractivity contribution in [3.63, 3.8) is 0 Å². The molecular weight excluding hydrogens is 525 g/mol. The molecular formula is C28H27Cl2N5O3. The van der Waals surface area contributed by atoms with Gasteiger partial charge in [-0.2, -0.15) is 0 Å². The predicted molar refractivity (Wildman–Crippen MR) is 153 cm³/mol. The van der Waals surface area contributed by atoms with E-state index in [9.17, 15) is 9.59 Å². The number of carbonyl (C=O) groups is 2. The molecule has 4 aromatic rings. The second kappa shape index (κ2) is 10.9. The van der Waals surface area contributed by atoms with Crippen molar-refractivity contribution in [3.05, 3.63) is 70.7 Å². The molecule has 10 heteroatoms. The number of fused-ring (bicyclic) bond motifs is 3. The molecule has 0 unspecified atom stereocenters. The van der Waals surface area contributed by atoms with Crippen molar-refractivity contribution in [2.45, 2.75) is 32.9 Å². The van der Waals surface area contributed by atoms with Gasteiger partial charge in [0.2, 0.25) is 5.91 Å². The van der Waals surface area contributed by atoms with E-state index < -0.39 is 12.1 Å². The first kappa shape index (κ1) is 25.9. The van der Waals surface area contributed by atoms with Gasteiger partial charge in [-0.3, -0.25) is 4.79 Å². The van der Waals surface area contributed by atoms with Crippen LogP contribution in [-0.2, 0) is 16.2 Å². The zero-order valence-electron chi connectivity index (χ0n) is 21.0. The molecule has 2 N–H and O–H groups in total. The van der Waals surface area contributed by atoms with Crippen molar-refractivity contribution in [1.82, 2.24) is 9.47 Å². The van der Waals surface area contributed by atoms with Gasteiger partial charge in [-0.15, -0.1) is 0 Å². The Morgan fingerprint density at radius 2 is 1.68 bits per heavy atom. The molecule has 1 aliphatic heterocycles. The van der Waals surface area contributed by atoms with Gasteiger partial charge >= 0.3 is 6.03 Å². The standard InChI is InChI=1S/C28H27Cl2N5O3/c1-3-34-24-8-6-5-7-22(24)23-14-19(9-10-25(23)34)31-27(36)26-15-21(33-38-4-2)16-35(26)28(37)32-20-12-17(29)11-18(30)13-20/h5-14,26H,3-4,15-16H2,1-2H3,(H,31,36)(H,32,37)/t26-/m0/s1. The van der Waals surface area contributed by atoms with Crippen LogP contribution in [0.1, 0.15) is 20.3 Å². The van der Waals surface area contributed by atoms with Gasteiger partial charge in [0.25, 0.3) is 0 Å². The summed E-state index contributed by atoms with van der Waals surface area (Å²) < 4.78 is 2.25. The molecule has 0 aliphatic carbocycles. The number of nitrogens with one attached hydrogen (secondary N) is 2. The average molecular weight is 552 g/mol. The fourth-order valence-electron chi connectivity index (χ4n) is 4.89. The lowest BCUT2D eigenvalue weighted by Crippen LogP contribution is -2.45. The second-order valence-corrected chi connectivity index (χ2v) is 9.87. The molecule has 8 nitrogen and oxygen atoms in total. The van der Waals surface area contributed by atoms with Gasteiger partial charge in [0.15, 0.2) is 0 Å². The highest BCUT2D eigenvalue weighted by Gasteiger charge is 2.38. The van der Waals surface area contributed by atoms with Gasteiger partial charge < -0.3 is 24.9 Å². The van der Waals surface area contributed by atoms with Crippen LogP contribution in [0, 0.1) is 0 Å². The maximum Gasteiger partial charge on any atom is 0.322 e. The van der Waals surface area contributed by atoms with Crippen LogP contribution in [-0.4, -0.2) is 46.3 Å². The minimum atomic E-state index is -0.781. The molecule has 1 aromatic heterocycles. The number of halogens is 2. The smallest absolute Gasteiger partial charge is 0.322 e. The van der Waals surface area contributed by atoms with Crippen molar-refractivity contribution in [1.29, 1.82) is 0 Å². The van der Waals surface area contributed by atoms with Crippen LogP contribution in [0.15, 0.2) is 65.8 Å². The van der Waals surface area contributed by atoms with Gasteiger partial charge in [0.1, 0.15) is 12.6 Å². The summed E-state index contributed by atoms with van der Waals surface area (Å²) >= 11 is 12.2. The SMILES string of the molecule is CCON=C1C[C@@H](C(=O)Nc2ccc3c(c2)c2ccccc2n3CC)N(C(=O)Nc2cc(Cl)cc(Cl)c2)C1. The lowest BCUT2D eigenvalue weighted by Gasteiger charge is -2.23. The number of likely N-dealkylation sites (tertiary alicyclic amines) is 1. The Balaban J connectivity index is 1.41. The Morgan fingerprint density at radius 3 is 2.42 bits per heavy atom. The highest BCUT2D eigenvalue weighted by atomic mass is 35.5. The molecule has 1 atom stereocenters. The summed E-state index contributed by atoms with van der Waals surface area (Å²) in [5, 5.41) is 12.8. The Hall–Kier alpha value is -3.75. The molecule has 0 spiro atoms. The van der Waals surface area contributed by atoms with E-state index >= 15 is 0 Å². The predicted octanol–water partition coefficient (Wildman–Crippen LogP) is 6.76. The number of aryl methyl sites for hydroxylation is 1. The number of nitrogens with zero attached hydrogens (tertiary/aromatic N) is 3. The number of hydrogen-bond donors (Lipinski definition) is 2. The number of benzene rings is 3. The first-order valence-corrected chi connectivity index (χ1v) is 13.2. The molecule has 3 aromatic carbocycles. The molecule has 2 heterocycles. The maximum atomic E-state index is 13.5. The summed E-state index contributed by atoms with van der Waals surface area (Å²) in [7, 11) is 0. The van der Waals surface area contributed by atoms with Gasteiger partial charge in [-0.1, -0.05) is 46.6 Å². The molecule has 0 saturated carbocycles. The number of anilines is 2. The fourth-order valence-corrected chi connectivity index (χ4v) is 5.42. The van der Waals surface area contributed by atoms with E-state index in [2.05, 4.69) is 39.4 Å². The van der Waals surface area contributed by atoms with Gasteiger partial charge in [0.05, 0.1) is 12.3 Å². The zero-order valence-corrected chi connectivity index (χ0v) is 22.5. The van der Waals surface area contributed by atoms with Crippen molar-refractivity contribution in [3.8, 4) is 0 Å². The third kappa shape index (κ3) is 5.14. The largest absolute Gasteiger partial charge is 0.396 e. The molecule has 0 bridgehead atoms. The van der Waals surface area contributed by atoms with E-state index in [0.29, 0.717) is 33.7 Å². The minimum Gasteiger partial charge on any atom is -0.396 e. The Bertz CT molecular complexity index is 1540. The van der Waals surface area contributed by atoms with Crippen LogP contribution in [0.2, 0.25) is 10.0 Å². The monoisotopic (exact) mass is 551 g/mol. The Labute approximate surface area is 230 Å². The Kier molecular flexibility index (Phi) is 7.44. The van der Waals surface area contributed by atoms with Gasteiger partial charge in [0, 0.05) is 56.2 Å². The third-order valence-corrected chi connectivity index (χ3v) is 6.95. The summed E-state index contributed by atoms with van der Waals surface area (Å²) in [4.78, 5) is 33.4. The maximum absolute atomic E-state index is 13.5. The molecule has 5 rings (SSSR count). The van der Waals surface area contributed by atoms with E-state index in [1.54, 1.807) is 18.2 Å². The first-order valence-electron chi connectivity index (χ1n) is 12.4. The fraction of sp³-hybridized carbons (Fsp3) is 0.250. The summed E-state index contributed by atoms with van der Waals surface area (Å²) in [6.45, 7) is 5.31. The number of hydrogen-bond acceptors (Lipinski definition) is 4. The van der Waals surface area contributed by atoms with Gasteiger partial charge in [-0.05, 0) is 56.3 Å². The van der Waals surface area contributed by atoms with Crippen molar-refractivity contribution < 1.29 is 14.4 Å². The average Bonchev–Trinajstić information content (AvgIpc) is 3.46. The number of rotatable bonds is 6. The molecule has 1 aliphatic rings. The van der Waals surface area contributed by atoms with Crippen LogP contribution in [0.5, 0.6) is 0 Å². The second-order valence-electron chi connectivity index (χ2n) is 8.99. The van der Waals surface area contributed by atoms with Crippen LogP contribution in [0.25, 0.3) is 21.8 Å². The summed E-state index contributed by atoms with van der Waals surface area (Å²) in [6, 6.07) is 17.6. The highest BCUT2D eigenvalue weighted by Crippen LogP contribution is 2.31.